The van der Waals surface area contributed by atoms with Crippen LogP contribution in [0.1, 0.15) is 44.2 Å². The van der Waals surface area contributed by atoms with Crippen molar-refractivity contribution >= 4 is 17.5 Å². The molecule has 0 fully saturated rings. The second-order valence-electron chi connectivity index (χ2n) is 7.60. The molecule has 6 heteroatoms. The second-order valence-corrected chi connectivity index (χ2v) is 7.60. The minimum absolute atomic E-state index is 0.0253. The number of ketones is 2. The summed E-state index contributed by atoms with van der Waals surface area (Å²) in [5.41, 5.74) is 1.59. The van der Waals surface area contributed by atoms with Gasteiger partial charge in [-0.05, 0) is 12.1 Å². The van der Waals surface area contributed by atoms with Crippen molar-refractivity contribution in [1.29, 1.82) is 0 Å². The van der Waals surface area contributed by atoms with Crippen LogP contribution in [-0.2, 0) is 16.1 Å². The van der Waals surface area contributed by atoms with Crippen LogP contribution in [0.5, 0.6) is 5.75 Å². The summed E-state index contributed by atoms with van der Waals surface area (Å²) >= 11 is 0. The number of carbonyl (C=O) groups excluding carboxylic acids is 3. The van der Waals surface area contributed by atoms with E-state index in [1.807, 2.05) is 0 Å². The summed E-state index contributed by atoms with van der Waals surface area (Å²) in [6.07, 6.45) is -0.111. The summed E-state index contributed by atoms with van der Waals surface area (Å²) in [4.78, 5) is 38.7. The van der Waals surface area contributed by atoms with Gasteiger partial charge in [0, 0.05) is 28.2 Å². The van der Waals surface area contributed by atoms with E-state index in [-0.39, 0.29) is 47.1 Å². The van der Waals surface area contributed by atoms with Gasteiger partial charge in [0.15, 0.2) is 11.5 Å². The van der Waals surface area contributed by atoms with E-state index in [0.29, 0.717) is 16.9 Å². The number of hydrogen-bond donors (Lipinski definition) is 0. The maximum absolute atomic E-state index is 14.0. The standard InChI is InChI=1S/C26H17FO5/c27-20-11-5-1-7-15(20)14-31-21-12-6-4-8-16(21)19-13-22(28)32-26-23(19)24(29)17-9-2-3-10-18(17)25(26)30/h1-12,19H,13-14H2. The molecule has 5 nitrogen and oxygen atoms in total. The molecule has 0 N–H and O–H groups in total. The van der Waals surface area contributed by atoms with Gasteiger partial charge in [0.05, 0.1) is 12.0 Å². The number of rotatable bonds is 4. The average Bonchev–Trinajstić information content (AvgIpc) is 2.82. The van der Waals surface area contributed by atoms with Crippen LogP contribution in [0.3, 0.4) is 0 Å². The maximum atomic E-state index is 14.0. The number of fused-ring (bicyclic) bond motifs is 1. The first kappa shape index (κ1) is 19.9. The lowest BCUT2D eigenvalue weighted by Gasteiger charge is -2.30. The normalized spacial score (nSPS) is 17.5. The molecule has 3 aromatic carbocycles. The molecule has 0 amide bonds. The molecule has 0 aromatic heterocycles. The molecule has 3 aromatic rings. The molecule has 1 unspecified atom stereocenters. The van der Waals surface area contributed by atoms with Crippen molar-refractivity contribution in [3.05, 3.63) is 112 Å². The molecule has 158 valence electrons. The fourth-order valence-corrected chi connectivity index (χ4v) is 4.15. The fourth-order valence-electron chi connectivity index (χ4n) is 4.15. The molecule has 32 heavy (non-hydrogen) atoms. The van der Waals surface area contributed by atoms with Gasteiger partial charge in [-0.2, -0.15) is 0 Å². The van der Waals surface area contributed by atoms with Crippen LogP contribution in [0.4, 0.5) is 4.39 Å². The quantitative estimate of drug-likeness (QED) is 0.560. The van der Waals surface area contributed by atoms with Crippen LogP contribution in [-0.4, -0.2) is 17.5 Å². The van der Waals surface area contributed by atoms with Crippen LogP contribution in [0.2, 0.25) is 0 Å². The summed E-state index contributed by atoms with van der Waals surface area (Å²) in [7, 11) is 0. The van der Waals surface area contributed by atoms with E-state index in [1.165, 1.54) is 6.07 Å². The first-order valence-corrected chi connectivity index (χ1v) is 10.1. The van der Waals surface area contributed by atoms with Crippen LogP contribution in [0.15, 0.2) is 84.1 Å². The van der Waals surface area contributed by atoms with Gasteiger partial charge < -0.3 is 9.47 Å². The molecule has 0 saturated heterocycles. The van der Waals surface area contributed by atoms with Crippen LogP contribution < -0.4 is 4.74 Å². The SMILES string of the molecule is O=C1CC(c2ccccc2OCc2ccccc2F)C2=C(O1)C(=O)c1ccccc1C2=O. The van der Waals surface area contributed by atoms with E-state index in [1.54, 1.807) is 66.7 Å². The van der Waals surface area contributed by atoms with Crippen molar-refractivity contribution in [3.8, 4) is 5.75 Å². The summed E-state index contributed by atoms with van der Waals surface area (Å²) in [6, 6.07) is 19.7. The van der Waals surface area contributed by atoms with E-state index >= 15 is 0 Å². The predicted molar refractivity (Wildman–Crippen MR) is 113 cm³/mol. The lowest BCUT2D eigenvalue weighted by molar-refractivity contribution is -0.140. The summed E-state index contributed by atoms with van der Waals surface area (Å²) in [5, 5.41) is 0. The minimum Gasteiger partial charge on any atom is -0.488 e. The monoisotopic (exact) mass is 428 g/mol. The van der Waals surface area contributed by atoms with Crippen molar-refractivity contribution in [2.45, 2.75) is 18.9 Å². The Bertz CT molecular complexity index is 1310. The van der Waals surface area contributed by atoms with Crippen LogP contribution in [0.25, 0.3) is 0 Å². The van der Waals surface area contributed by atoms with Crippen molar-refractivity contribution in [2.24, 2.45) is 0 Å². The van der Waals surface area contributed by atoms with E-state index in [4.69, 9.17) is 9.47 Å². The van der Waals surface area contributed by atoms with E-state index in [9.17, 15) is 18.8 Å². The van der Waals surface area contributed by atoms with E-state index in [2.05, 4.69) is 0 Å². The number of para-hydroxylation sites is 1. The van der Waals surface area contributed by atoms with Gasteiger partial charge in [-0.1, -0.05) is 60.7 Å². The number of halogens is 1. The Balaban J connectivity index is 1.56. The molecule has 1 heterocycles. The Labute approximate surface area is 183 Å². The van der Waals surface area contributed by atoms with Crippen molar-refractivity contribution in [2.75, 3.05) is 0 Å². The number of allylic oxidation sites excluding steroid dienone is 2. The van der Waals surface area contributed by atoms with Gasteiger partial charge in [-0.3, -0.25) is 14.4 Å². The highest BCUT2D eigenvalue weighted by Crippen LogP contribution is 2.43. The van der Waals surface area contributed by atoms with Crippen LogP contribution >= 0.6 is 0 Å². The van der Waals surface area contributed by atoms with Gasteiger partial charge in [0.25, 0.3) is 0 Å². The smallest absolute Gasteiger partial charge is 0.312 e. The lowest BCUT2D eigenvalue weighted by Crippen LogP contribution is -2.33. The zero-order valence-corrected chi connectivity index (χ0v) is 16.8. The fraction of sp³-hybridized carbons (Fsp3) is 0.115. The molecule has 2 aliphatic rings. The number of esters is 1. The minimum atomic E-state index is -0.715. The first-order valence-electron chi connectivity index (χ1n) is 10.1. The molecule has 0 radical (unpaired) electrons. The molecule has 0 spiro atoms. The summed E-state index contributed by atoms with van der Waals surface area (Å²) in [5.74, 6) is -2.36. The van der Waals surface area contributed by atoms with E-state index < -0.39 is 17.7 Å². The van der Waals surface area contributed by atoms with Crippen molar-refractivity contribution in [1.82, 2.24) is 0 Å². The molecule has 1 atom stereocenters. The molecule has 0 bridgehead atoms. The molecular weight excluding hydrogens is 411 g/mol. The zero-order chi connectivity index (χ0) is 22.2. The average molecular weight is 428 g/mol. The summed E-state index contributed by atoms with van der Waals surface area (Å²) < 4.78 is 25.2. The largest absolute Gasteiger partial charge is 0.488 e. The molecule has 1 aliphatic heterocycles. The van der Waals surface area contributed by atoms with Gasteiger partial charge in [0.2, 0.25) is 5.78 Å². The maximum Gasteiger partial charge on any atom is 0.312 e. The number of carbonyl (C=O) groups is 3. The first-order chi connectivity index (χ1) is 15.5. The third-order valence-corrected chi connectivity index (χ3v) is 5.68. The highest BCUT2D eigenvalue weighted by molar-refractivity contribution is 6.27. The Hall–Kier alpha value is -4.06. The van der Waals surface area contributed by atoms with Gasteiger partial charge >= 0.3 is 5.97 Å². The number of hydrogen-bond acceptors (Lipinski definition) is 5. The molecule has 0 saturated carbocycles. The van der Waals surface area contributed by atoms with Gasteiger partial charge in [0.1, 0.15) is 18.2 Å². The lowest BCUT2D eigenvalue weighted by atomic mass is 9.76. The van der Waals surface area contributed by atoms with Crippen molar-refractivity contribution in [3.63, 3.8) is 0 Å². The summed E-state index contributed by atoms with van der Waals surface area (Å²) in [6.45, 7) is -0.0253. The molecule has 5 rings (SSSR count). The molecule has 1 aliphatic carbocycles. The predicted octanol–water partition coefficient (Wildman–Crippen LogP) is 4.77. The van der Waals surface area contributed by atoms with Crippen molar-refractivity contribution < 1.29 is 28.2 Å². The Kier molecular flexibility index (Phi) is 4.90. The van der Waals surface area contributed by atoms with Gasteiger partial charge in [-0.15, -0.1) is 0 Å². The molecular formula is C26H17FO5. The number of ether oxygens (including phenoxy) is 2. The third kappa shape index (κ3) is 3.30. The second kappa shape index (κ2) is 7.89. The zero-order valence-electron chi connectivity index (χ0n) is 16.8. The number of benzene rings is 3. The van der Waals surface area contributed by atoms with Gasteiger partial charge in [-0.25, -0.2) is 4.39 Å². The Morgan fingerprint density at radius 2 is 1.50 bits per heavy atom. The van der Waals surface area contributed by atoms with E-state index in [0.717, 1.165) is 0 Å². The topological polar surface area (TPSA) is 69.7 Å². The van der Waals surface area contributed by atoms with Crippen LogP contribution in [0, 0.1) is 5.82 Å². The highest BCUT2D eigenvalue weighted by Gasteiger charge is 2.43. The Morgan fingerprint density at radius 1 is 0.844 bits per heavy atom. The Morgan fingerprint density at radius 3 is 2.28 bits per heavy atom. The highest BCUT2D eigenvalue weighted by atomic mass is 19.1. The number of Topliss-reactive ketones (excluding diaryl/α,β-unsaturated/α-hetero) is 2. The third-order valence-electron chi connectivity index (χ3n) is 5.68.